The van der Waals surface area contributed by atoms with E-state index in [1.807, 2.05) is 0 Å². The molecule has 0 fully saturated rings. The fourth-order valence-corrected chi connectivity index (χ4v) is 14.7. The molecule has 0 aliphatic heterocycles. The van der Waals surface area contributed by atoms with Crippen molar-refractivity contribution < 1.29 is 0 Å². The maximum Gasteiger partial charge on any atom is 0.153 e. The molecule has 128 valence electrons. The molecule has 24 heavy (non-hydrogen) atoms. The Labute approximate surface area is 149 Å². The van der Waals surface area contributed by atoms with Crippen molar-refractivity contribution in [2.24, 2.45) is 0 Å². The maximum atomic E-state index is 2.87. The molecule has 1 nitrogen and oxygen atoms in total. The van der Waals surface area contributed by atoms with Gasteiger partial charge in [0.2, 0.25) is 0 Å². The third-order valence-corrected chi connectivity index (χ3v) is 16.6. The molecule has 2 aromatic rings. The van der Waals surface area contributed by atoms with Crippen molar-refractivity contribution in [3.63, 3.8) is 0 Å². The molecule has 0 amide bonds. The zero-order valence-corrected chi connectivity index (χ0v) is 18.1. The molecule has 2 aromatic carbocycles. The lowest BCUT2D eigenvalue weighted by molar-refractivity contribution is 0.742. The van der Waals surface area contributed by atoms with Gasteiger partial charge in [-0.2, -0.15) is 0 Å². The van der Waals surface area contributed by atoms with Crippen molar-refractivity contribution >= 4 is 21.7 Å². The highest BCUT2D eigenvalue weighted by Crippen LogP contribution is 2.37. The number of hydrogen-bond acceptors (Lipinski definition) is 1. The molecule has 0 aromatic heterocycles. The van der Waals surface area contributed by atoms with Crippen LogP contribution in [0, 0.1) is 0 Å². The summed E-state index contributed by atoms with van der Waals surface area (Å²) in [7, 11) is -0.574. The SMILES string of the molecule is CC[Si](CC)(c1cccc2c1Cc1ccccc1-2)N(C)[Si](C)(C)C. The van der Waals surface area contributed by atoms with Crippen molar-refractivity contribution in [1.82, 2.24) is 4.23 Å². The predicted molar refractivity (Wildman–Crippen MR) is 112 cm³/mol. The molecule has 0 unspecified atom stereocenters. The molecule has 0 N–H and O–H groups in total. The summed E-state index contributed by atoms with van der Waals surface area (Å²) in [6, 6.07) is 18.7. The standard InChI is InChI=1S/C21H31NSi2/c1-7-24(8-2,22(3)23(4,5)6)21-15-11-14-19-18-13-10-9-12-17(18)16-20(19)21/h9-15H,7-8,16H2,1-6H3. The molecular formula is C21H31NSi2. The molecule has 3 heteroatoms. The molecule has 3 rings (SSSR count). The fraction of sp³-hybridized carbons (Fsp3) is 0.429. The van der Waals surface area contributed by atoms with Crippen molar-refractivity contribution in [3.8, 4) is 11.1 Å². The van der Waals surface area contributed by atoms with Crippen molar-refractivity contribution in [3.05, 3.63) is 53.6 Å². The quantitative estimate of drug-likeness (QED) is 0.569. The number of benzene rings is 2. The summed E-state index contributed by atoms with van der Waals surface area (Å²) in [5, 5.41) is 1.70. The number of fused-ring (bicyclic) bond motifs is 3. The Kier molecular flexibility index (Phi) is 4.62. The van der Waals surface area contributed by atoms with Crippen LogP contribution in [-0.2, 0) is 6.42 Å². The zero-order chi connectivity index (χ0) is 17.5. The van der Waals surface area contributed by atoms with Gasteiger partial charge in [-0.15, -0.1) is 0 Å². The van der Waals surface area contributed by atoms with Crippen LogP contribution in [0.1, 0.15) is 25.0 Å². The van der Waals surface area contributed by atoms with Crippen LogP contribution in [0.5, 0.6) is 0 Å². The maximum absolute atomic E-state index is 2.87. The van der Waals surface area contributed by atoms with Crippen LogP contribution in [0.3, 0.4) is 0 Å². The summed E-state index contributed by atoms with van der Waals surface area (Å²) in [5.74, 6) is 0. The van der Waals surface area contributed by atoms with Gasteiger partial charge in [0, 0.05) is 0 Å². The van der Waals surface area contributed by atoms with Gasteiger partial charge < -0.3 is 4.23 Å². The van der Waals surface area contributed by atoms with Crippen LogP contribution in [-0.4, -0.2) is 27.7 Å². The van der Waals surface area contributed by atoms with Gasteiger partial charge in [-0.3, -0.25) is 0 Å². The van der Waals surface area contributed by atoms with Crippen molar-refractivity contribution in [1.29, 1.82) is 0 Å². The molecule has 0 saturated heterocycles. The molecule has 1 aliphatic carbocycles. The van der Waals surface area contributed by atoms with E-state index >= 15 is 0 Å². The Morgan fingerprint density at radius 3 is 2.12 bits per heavy atom. The average molecular weight is 354 g/mol. The van der Waals surface area contributed by atoms with Crippen molar-refractivity contribution in [2.45, 2.75) is 52.0 Å². The van der Waals surface area contributed by atoms with E-state index in [0.717, 1.165) is 6.42 Å². The Hall–Kier alpha value is -1.17. The fourth-order valence-electron chi connectivity index (χ4n) is 4.52. The molecule has 0 saturated carbocycles. The summed E-state index contributed by atoms with van der Waals surface area (Å²) in [6.45, 7) is 12.3. The monoisotopic (exact) mass is 353 g/mol. The Morgan fingerprint density at radius 1 is 0.875 bits per heavy atom. The van der Waals surface area contributed by atoms with E-state index in [4.69, 9.17) is 0 Å². The molecule has 0 atom stereocenters. The lowest BCUT2D eigenvalue weighted by Crippen LogP contribution is -2.68. The first-order valence-electron chi connectivity index (χ1n) is 9.29. The number of hydrogen-bond donors (Lipinski definition) is 0. The van der Waals surface area contributed by atoms with Gasteiger partial charge in [0.05, 0.1) is 0 Å². The molecular weight excluding hydrogens is 322 g/mol. The number of rotatable bonds is 5. The first kappa shape index (κ1) is 17.7. The topological polar surface area (TPSA) is 3.24 Å². The van der Waals surface area contributed by atoms with Crippen LogP contribution in [0.2, 0.25) is 31.7 Å². The first-order chi connectivity index (χ1) is 11.3. The largest absolute Gasteiger partial charge is 0.345 e. The summed E-state index contributed by atoms with van der Waals surface area (Å²) >= 11 is 0. The van der Waals surface area contributed by atoms with Gasteiger partial charge in [-0.05, 0) is 53.0 Å². The Balaban J connectivity index is 2.19. The van der Waals surface area contributed by atoms with Gasteiger partial charge >= 0.3 is 0 Å². The molecule has 0 bridgehead atoms. The van der Waals surface area contributed by atoms with Gasteiger partial charge in [-0.1, -0.05) is 76.0 Å². The predicted octanol–water partition coefficient (Wildman–Crippen LogP) is 5.22. The van der Waals surface area contributed by atoms with Gasteiger partial charge in [0.15, 0.2) is 8.24 Å². The highest BCUT2D eigenvalue weighted by molar-refractivity contribution is 6.98. The summed E-state index contributed by atoms with van der Waals surface area (Å²) in [6.07, 6.45) is 1.12. The minimum atomic E-state index is -1.66. The van der Waals surface area contributed by atoms with E-state index in [1.165, 1.54) is 28.8 Å². The summed E-state index contributed by atoms with van der Waals surface area (Å²) < 4.78 is 2.87. The number of nitrogens with zero attached hydrogens (tertiary/aromatic N) is 1. The molecule has 0 radical (unpaired) electrons. The zero-order valence-electron chi connectivity index (χ0n) is 16.1. The smallest absolute Gasteiger partial charge is 0.153 e. The van der Waals surface area contributed by atoms with E-state index in [1.54, 1.807) is 10.8 Å². The van der Waals surface area contributed by atoms with Gasteiger partial charge in [-0.25, -0.2) is 0 Å². The van der Waals surface area contributed by atoms with E-state index in [-0.39, 0.29) is 0 Å². The van der Waals surface area contributed by atoms with Gasteiger partial charge in [0.1, 0.15) is 8.24 Å². The minimum absolute atomic E-state index is 1.12. The second-order valence-electron chi connectivity index (χ2n) is 8.13. The summed E-state index contributed by atoms with van der Waals surface area (Å²) in [4.78, 5) is 0. The van der Waals surface area contributed by atoms with E-state index in [2.05, 4.69) is 87.2 Å². The second-order valence-corrected chi connectivity index (χ2v) is 18.3. The minimum Gasteiger partial charge on any atom is -0.345 e. The van der Waals surface area contributed by atoms with Crippen LogP contribution in [0.15, 0.2) is 42.5 Å². The van der Waals surface area contributed by atoms with Crippen LogP contribution < -0.4 is 5.19 Å². The Bertz CT molecular complexity index is 742. The third-order valence-electron chi connectivity index (χ3n) is 6.17. The first-order valence-corrected chi connectivity index (χ1v) is 15.1. The van der Waals surface area contributed by atoms with E-state index < -0.39 is 16.5 Å². The van der Waals surface area contributed by atoms with E-state index in [9.17, 15) is 0 Å². The van der Waals surface area contributed by atoms with Crippen LogP contribution >= 0.6 is 0 Å². The van der Waals surface area contributed by atoms with Crippen LogP contribution in [0.25, 0.3) is 11.1 Å². The van der Waals surface area contributed by atoms with Crippen molar-refractivity contribution in [2.75, 3.05) is 7.05 Å². The normalized spacial score (nSPS) is 14.0. The van der Waals surface area contributed by atoms with Gasteiger partial charge in [0.25, 0.3) is 0 Å². The highest BCUT2D eigenvalue weighted by atomic mass is 28.4. The average Bonchev–Trinajstić information content (AvgIpc) is 2.95. The molecule has 0 heterocycles. The highest BCUT2D eigenvalue weighted by Gasteiger charge is 2.43. The lowest BCUT2D eigenvalue weighted by atomic mass is 10.1. The van der Waals surface area contributed by atoms with Crippen LogP contribution in [0.4, 0.5) is 0 Å². The second kappa shape index (κ2) is 6.28. The molecule has 1 aliphatic rings. The molecule has 0 spiro atoms. The third kappa shape index (κ3) is 2.63. The lowest BCUT2D eigenvalue weighted by Gasteiger charge is -2.47. The van der Waals surface area contributed by atoms with E-state index in [0.29, 0.717) is 0 Å². The summed E-state index contributed by atoms with van der Waals surface area (Å²) in [5.41, 5.74) is 6.08. The Morgan fingerprint density at radius 2 is 1.50 bits per heavy atom.